The average Bonchev–Trinajstić information content (AvgIpc) is 2.93. The Kier molecular flexibility index (Phi) is 7.60. The highest BCUT2D eigenvalue weighted by Gasteiger charge is 2.43. The molecule has 2 heterocycles. The summed E-state index contributed by atoms with van der Waals surface area (Å²) in [5.74, 6) is 0.694. The van der Waals surface area contributed by atoms with Crippen LogP contribution in [0.2, 0.25) is 0 Å². The predicted octanol–water partition coefficient (Wildman–Crippen LogP) is 5.89. The molecule has 38 heavy (non-hydrogen) atoms. The van der Waals surface area contributed by atoms with Crippen molar-refractivity contribution < 1.29 is 19.1 Å². The van der Waals surface area contributed by atoms with E-state index in [1.807, 2.05) is 61.5 Å². The fourth-order valence-electron chi connectivity index (χ4n) is 5.09. The number of amides is 1. The van der Waals surface area contributed by atoms with E-state index >= 15 is 0 Å². The quantitative estimate of drug-likeness (QED) is 0.366. The van der Waals surface area contributed by atoms with Gasteiger partial charge in [-0.2, -0.15) is 0 Å². The Bertz CT molecular complexity index is 1420. The van der Waals surface area contributed by atoms with Gasteiger partial charge >= 0.3 is 0 Å². The first-order valence-electron chi connectivity index (χ1n) is 12.4. The molecular formula is C30H28BrN3O4. The zero-order chi connectivity index (χ0) is 26.6. The number of aromatic nitrogens is 1. The number of benzene rings is 2. The maximum Gasteiger partial charge on any atom is 0.255 e. The normalized spacial score (nSPS) is 18.7. The summed E-state index contributed by atoms with van der Waals surface area (Å²) >= 11 is 3.37. The summed E-state index contributed by atoms with van der Waals surface area (Å²) < 4.78 is 12.4. The number of fused-ring (bicyclic) bond motifs is 1. The molecule has 0 bridgehead atoms. The van der Waals surface area contributed by atoms with E-state index in [0.717, 1.165) is 27.0 Å². The zero-order valence-corrected chi connectivity index (χ0v) is 22.7. The number of methoxy groups -OCH3 is 1. The van der Waals surface area contributed by atoms with Gasteiger partial charge in [0.2, 0.25) is 0 Å². The molecule has 0 spiro atoms. The highest BCUT2D eigenvalue weighted by molar-refractivity contribution is 9.10. The molecule has 2 aliphatic rings. The van der Waals surface area contributed by atoms with Gasteiger partial charge in [0.05, 0.1) is 13.0 Å². The second-order valence-electron chi connectivity index (χ2n) is 9.27. The SMILES string of the molecule is COc1ccc(C2C(C(=O)Nc3ccc(Br)cn3)=C(C)NC3=CCCC(=O)C32)cc1COc1ccccc1. The van der Waals surface area contributed by atoms with Crippen LogP contribution in [0.3, 0.4) is 0 Å². The van der Waals surface area contributed by atoms with E-state index < -0.39 is 11.8 Å². The maximum absolute atomic E-state index is 13.7. The van der Waals surface area contributed by atoms with Gasteiger partial charge in [-0.3, -0.25) is 9.59 Å². The number of anilines is 1. The number of hydrogen-bond donors (Lipinski definition) is 2. The molecule has 0 saturated heterocycles. The number of Topliss-reactive ketones (excluding diaryl/α,β-unsaturated/α-hetero) is 1. The minimum absolute atomic E-state index is 0.109. The number of hydrogen-bond acceptors (Lipinski definition) is 6. The van der Waals surface area contributed by atoms with Crippen LogP contribution >= 0.6 is 15.9 Å². The van der Waals surface area contributed by atoms with Crippen molar-refractivity contribution in [2.75, 3.05) is 12.4 Å². The largest absolute Gasteiger partial charge is 0.496 e. The topological polar surface area (TPSA) is 89.5 Å². The Morgan fingerprint density at radius 3 is 2.68 bits per heavy atom. The van der Waals surface area contributed by atoms with Crippen LogP contribution in [-0.2, 0) is 16.2 Å². The fraction of sp³-hybridized carbons (Fsp3) is 0.233. The van der Waals surface area contributed by atoms with E-state index in [9.17, 15) is 9.59 Å². The lowest BCUT2D eigenvalue weighted by Crippen LogP contribution is -2.41. The van der Waals surface area contributed by atoms with E-state index in [1.54, 1.807) is 19.4 Å². The summed E-state index contributed by atoms with van der Waals surface area (Å²) in [5.41, 5.74) is 3.73. The van der Waals surface area contributed by atoms with Crippen molar-refractivity contribution in [2.45, 2.75) is 32.3 Å². The van der Waals surface area contributed by atoms with Gasteiger partial charge in [-0.25, -0.2) is 4.98 Å². The van der Waals surface area contributed by atoms with Crippen LogP contribution in [-0.4, -0.2) is 23.8 Å². The van der Waals surface area contributed by atoms with Crippen LogP contribution in [0.25, 0.3) is 0 Å². The highest BCUT2D eigenvalue weighted by Crippen LogP contribution is 2.44. The van der Waals surface area contributed by atoms with E-state index in [4.69, 9.17) is 9.47 Å². The first kappa shape index (κ1) is 25.7. The molecule has 8 heteroatoms. The molecule has 0 saturated carbocycles. The molecule has 5 rings (SSSR count). The molecule has 1 aromatic heterocycles. The number of carbonyl (C=O) groups excluding carboxylic acids is 2. The fourth-order valence-corrected chi connectivity index (χ4v) is 5.32. The van der Waals surface area contributed by atoms with Crippen LogP contribution in [0.15, 0.2) is 94.4 Å². The molecule has 3 aromatic rings. The lowest BCUT2D eigenvalue weighted by atomic mass is 9.70. The van der Waals surface area contributed by atoms with Gasteiger partial charge in [-0.15, -0.1) is 0 Å². The molecule has 1 amide bonds. The van der Waals surface area contributed by atoms with Gasteiger partial charge in [-0.1, -0.05) is 30.3 Å². The van der Waals surface area contributed by atoms with Crippen molar-refractivity contribution in [3.05, 3.63) is 106 Å². The zero-order valence-electron chi connectivity index (χ0n) is 21.2. The van der Waals surface area contributed by atoms with Crippen LogP contribution in [0.5, 0.6) is 11.5 Å². The lowest BCUT2D eigenvalue weighted by molar-refractivity contribution is -0.122. The number of nitrogens with one attached hydrogen (secondary N) is 2. The van der Waals surface area contributed by atoms with Gasteiger partial charge < -0.3 is 20.1 Å². The number of rotatable bonds is 7. The second-order valence-corrected chi connectivity index (χ2v) is 10.2. The molecule has 1 aliphatic heterocycles. The van der Waals surface area contributed by atoms with E-state index in [1.165, 1.54) is 0 Å². The summed E-state index contributed by atoms with van der Waals surface area (Å²) in [7, 11) is 1.62. The first-order valence-corrected chi connectivity index (χ1v) is 13.2. The molecule has 2 unspecified atom stereocenters. The Morgan fingerprint density at radius 2 is 1.95 bits per heavy atom. The van der Waals surface area contributed by atoms with Crippen LogP contribution in [0, 0.1) is 5.92 Å². The summed E-state index contributed by atoms with van der Waals surface area (Å²) in [6.45, 7) is 2.15. The van der Waals surface area contributed by atoms with Crippen LogP contribution < -0.4 is 20.1 Å². The third-order valence-corrected chi connectivity index (χ3v) is 7.30. The Balaban J connectivity index is 1.54. The van der Waals surface area contributed by atoms with Gasteiger partial charge in [0, 0.05) is 45.5 Å². The Hall–Kier alpha value is -3.91. The summed E-state index contributed by atoms with van der Waals surface area (Å²) in [4.78, 5) is 31.3. The van der Waals surface area contributed by atoms with Gasteiger partial charge in [0.1, 0.15) is 29.7 Å². The predicted molar refractivity (Wildman–Crippen MR) is 149 cm³/mol. The second kappa shape index (κ2) is 11.2. The minimum Gasteiger partial charge on any atom is -0.496 e. The number of nitrogens with zero attached hydrogens (tertiary/aromatic N) is 1. The number of carbonyl (C=O) groups is 2. The number of ketones is 1. The van der Waals surface area contributed by atoms with Gasteiger partial charge in [0.25, 0.3) is 5.91 Å². The van der Waals surface area contributed by atoms with E-state index in [2.05, 4.69) is 37.6 Å². The number of ether oxygens (including phenoxy) is 2. The van der Waals surface area contributed by atoms with Crippen LogP contribution in [0.4, 0.5) is 5.82 Å². The van der Waals surface area contributed by atoms with Crippen molar-refractivity contribution in [1.29, 1.82) is 0 Å². The molecule has 0 radical (unpaired) electrons. The first-order chi connectivity index (χ1) is 18.4. The monoisotopic (exact) mass is 573 g/mol. The molecule has 194 valence electrons. The number of allylic oxidation sites excluding steroid dienone is 3. The van der Waals surface area contributed by atoms with Crippen molar-refractivity contribution in [3.63, 3.8) is 0 Å². The summed E-state index contributed by atoms with van der Waals surface area (Å²) in [6, 6.07) is 18.9. The van der Waals surface area contributed by atoms with Crippen molar-refractivity contribution >= 4 is 33.4 Å². The third-order valence-electron chi connectivity index (χ3n) is 6.83. The minimum atomic E-state index is -0.484. The van der Waals surface area contributed by atoms with Crippen molar-refractivity contribution in [2.24, 2.45) is 5.92 Å². The van der Waals surface area contributed by atoms with Gasteiger partial charge in [0.15, 0.2) is 0 Å². The number of para-hydroxylation sites is 1. The van der Waals surface area contributed by atoms with Gasteiger partial charge in [-0.05, 0) is 71.2 Å². The summed E-state index contributed by atoms with van der Waals surface area (Å²) in [6.07, 6.45) is 4.81. The average molecular weight is 574 g/mol. The lowest BCUT2D eigenvalue weighted by Gasteiger charge is -2.38. The van der Waals surface area contributed by atoms with Crippen molar-refractivity contribution in [3.8, 4) is 11.5 Å². The maximum atomic E-state index is 13.7. The van der Waals surface area contributed by atoms with Crippen molar-refractivity contribution in [1.82, 2.24) is 10.3 Å². The Morgan fingerprint density at radius 1 is 1.13 bits per heavy atom. The smallest absolute Gasteiger partial charge is 0.255 e. The summed E-state index contributed by atoms with van der Waals surface area (Å²) in [5, 5.41) is 6.25. The van der Waals surface area contributed by atoms with E-state index in [-0.39, 0.29) is 18.3 Å². The highest BCUT2D eigenvalue weighted by atomic mass is 79.9. The van der Waals surface area contributed by atoms with E-state index in [0.29, 0.717) is 35.7 Å². The molecule has 0 fully saturated rings. The Labute approximate surface area is 230 Å². The van der Waals surface area contributed by atoms with Crippen LogP contribution in [0.1, 0.15) is 36.8 Å². The molecule has 2 aromatic carbocycles. The number of pyridine rings is 1. The molecule has 2 N–H and O–H groups in total. The molecule has 1 aliphatic carbocycles. The third kappa shape index (κ3) is 5.36. The molecule has 2 atom stereocenters. The standard InChI is InChI=1S/C30H28BrN3O4/c1-18-27(30(36)34-26-14-12-21(31)16-32-26)28(29-23(33-18)9-6-10-24(29)35)19-11-13-25(37-2)20(15-19)17-38-22-7-4-3-5-8-22/h3-5,7-9,11-16,28-29,33H,6,10,17H2,1-2H3,(H,32,34,36). The molecular weight excluding hydrogens is 546 g/mol. The molecule has 7 nitrogen and oxygen atoms in total. The number of halogens is 1.